The molecule has 1 N–H and O–H groups in total. The molecule has 0 radical (unpaired) electrons. The summed E-state index contributed by atoms with van der Waals surface area (Å²) in [4.78, 5) is 0. The number of aliphatic hydroxyl groups excluding tert-OH is 1. The monoisotopic (exact) mass is 300 g/mol. The number of ether oxygens (including phenoxy) is 2. The Morgan fingerprint density at radius 2 is 2.12 bits per heavy atom. The molecule has 0 aliphatic heterocycles. The van der Waals surface area contributed by atoms with E-state index in [1.165, 1.54) is 6.42 Å². The van der Waals surface area contributed by atoms with Gasteiger partial charge in [-0.05, 0) is 43.4 Å². The summed E-state index contributed by atoms with van der Waals surface area (Å²) in [6.45, 7) is 0.133. The van der Waals surface area contributed by atoms with Crippen molar-refractivity contribution in [1.29, 1.82) is 0 Å². The molecule has 1 aliphatic rings. The number of methoxy groups -OCH3 is 1. The van der Waals surface area contributed by atoms with E-state index in [9.17, 15) is 0 Å². The van der Waals surface area contributed by atoms with Gasteiger partial charge in [0.25, 0.3) is 0 Å². The molecule has 0 atom stereocenters. The van der Waals surface area contributed by atoms with Crippen molar-refractivity contribution >= 4 is 15.9 Å². The molecule has 0 heterocycles. The Hall–Kier alpha value is -0.740. The second-order valence-electron chi connectivity index (χ2n) is 4.24. The van der Waals surface area contributed by atoms with E-state index in [4.69, 9.17) is 14.6 Å². The quantitative estimate of drug-likeness (QED) is 0.909. The molecule has 0 unspecified atom stereocenters. The van der Waals surface area contributed by atoms with Crippen LogP contribution in [0.4, 0.5) is 0 Å². The molecule has 1 saturated carbocycles. The maximum absolute atomic E-state index is 9.01. The normalized spacial score (nSPS) is 15.5. The number of hydrogen-bond donors (Lipinski definition) is 1. The molecule has 0 aromatic heterocycles. The van der Waals surface area contributed by atoms with Crippen molar-refractivity contribution in [3.63, 3.8) is 0 Å². The predicted octanol–water partition coefficient (Wildman–Crippen LogP) is 2.92. The van der Waals surface area contributed by atoms with E-state index >= 15 is 0 Å². The summed E-state index contributed by atoms with van der Waals surface area (Å²) in [6, 6.07) is 3.86. The van der Waals surface area contributed by atoms with Crippen LogP contribution in [0.3, 0.4) is 0 Å². The molecule has 1 fully saturated rings. The summed E-state index contributed by atoms with van der Waals surface area (Å²) in [5.41, 5.74) is 1.04. The molecule has 17 heavy (non-hydrogen) atoms. The summed E-state index contributed by atoms with van der Waals surface area (Å²) in [7, 11) is 1.64. The van der Waals surface area contributed by atoms with Crippen LogP contribution in [0, 0.1) is 0 Å². The molecule has 0 amide bonds. The Balaban J connectivity index is 2.22. The largest absolute Gasteiger partial charge is 0.493 e. The molecule has 0 bridgehead atoms. The second kappa shape index (κ2) is 5.74. The van der Waals surface area contributed by atoms with Gasteiger partial charge in [0.1, 0.15) is 0 Å². The van der Waals surface area contributed by atoms with Crippen molar-refractivity contribution in [2.75, 3.05) is 13.7 Å². The highest BCUT2D eigenvalue weighted by Crippen LogP contribution is 2.36. The lowest BCUT2D eigenvalue weighted by Gasteiger charge is -2.27. The predicted molar refractivity (Wildman–Crippen MR) is 69.8 cm³/mol. The highest BCUT2D eigenvalue weighted by atomic mass is 79.9. The molecule has 3 nitrogen and oxygen atoms in total. The minimum Gasteiger partial charge on any atom is -0.493 e. The van der Waals surface area contributed by atoms with E-state index in [2.05, 4.69) is 15.9 Å². The van der Waals surface area contributed by atoms with Crippen LogP contribution in [0.15, 0.2) is 16.6 Å². The van der Waals surface area contributed by atoms with Crippen molar-refractivity contribution in [1.82, 2.24) is 0 Å². The lowest BCUT2D eigenvalue weighted by atomic mass is 9.96. The summed E-state index contributed by atoms with van der Waals surface area (Å²) < 4.78 is 12.1. The maximum Gasteiger partial charge on any atom is 0.161 e. The van der Waals surface area contributed by atoms with Gasteiger partial charge >= 0.3 is 0 Å². The number of aliphatic hydroxyl groups is 1. The smallest absolute Gasteiger partial charge is 0.161 e. The SMILES string of the molecule is COc1cc(Br)c(CCO)cc1OC1CCC1. The van der Waals surface area contributed by atoms with Gasteiger partial charge in [-0.3, -0.25) is 0 Å². The highest BCUT2D eigenvalue weighted by Gasteiger charge is 2.21. The van der Waals surface area contributed by atoms with Crippen LogP contribution in [0.25, 0.3) is 0 Å². The van der Waals surface area contributed by atoms with Gasteiger partial charge < -0.3 is 14.6 Å². The van der Waals surface area contributed by atoms with Gasteiger partial charge in [0.15, 0.2) is 11.5 Å². The van der Waals surface area contributed by atoms with E-state index in [1.807, 2.05) is 12.1 Å². The molecule has 1 aromatic rings. The zero-order valence-corrected chi connectivity index (χ0v) is 11.5. The Morgan fingerprint density at radius 3 is 2.65 bits per heavy atom. The van der Waals surface area contributed by atoms with Crippen molar-refractivity contribution in [3.05, 3.63) is 22.2 Å². The Morgan fingerprint density at radius 1 is 1.35 bits per heavy atom. The number of rotatable bonds is 5. The third-order valence-electron chi connectivity index (χ3n) is 3.06. The standard InChI is InChI=1S/C13H17BrO3/c1-16-12-8-11(14)9(5-6-15)7-13(12)17-10-3-2-4-10/h7-8,10,15H,2-6H2,1H3. The fraction of sp³-hybridized carbons (Fsp3) is 0.538. The molecule has 1 aliphatic carbocycles. The van der Waals surface area contributed by atoms with E-state index in [0.717, 1.165) is 34.4 Å². The van der Waals surface area contributed by atoms with Gasteiger partial charge in [0.2, 0.25) is 0 Å². The summed E-state index contributed by atoms with van der Waals surface area (Å²) in [6.07, 6.45) is 4.42. The Kier molecular flexibility index (Phi) is 4.29. The zero-order chi connectivity index (χ0) is 12.3. The van der Waals surface area contributed by atoms with Crippen LogP contribution in [0.2, 0.25) is 0 Å². The molecular formula is C13H17BrO3. The topological polar surface area (TPSA) is 38.7 Å². The van der Waals surface area contributed by atoms with Crippen LogP contribution in [-0.2, 0) is 6.42 Å². The first-order chi connectivity index (χ1) is 8.24. The van der Waals surface area contributed by atoms with E-state index in [1.54, 1.807) is 7.11 Å². The molecule has 0 saturated heterocycles. The van der Waals surface area contributed by atoms with Gasteiger partial charge in [-0.15, -0.1) is 0 Å². The van der Waals surface area contributed by atoms with Crippen molar-refractivity contribution < 1.29 is 14.6 Å². The van der Waals surface area contributed by atoms with Crippen LogP contribution in [-0.4, -0.2) is 24.9 Å². The van der Waals surface area contributed by atoms with Gasteiger partial charge in [0.05, 0.1) is 13.2 Å². The molecule has 4 heteroatoms. The first kappa shape index (κ1) is 12.7. The van der Waals surface area contributed by atoms with Gasteiger partial charge in [-0.25, -0.2) is 0 Å². The lowest BCUT2D eigenvalue weighted by molar-refractivity contribution is 0.116. The lowest BCUT2D eigenvalue weighted by Crippen LogP contribution is -2.24. The minimum absolute atomic E-state index is 0.133. The minimum atomic E-state index is 0.133. The van der Waals surface area contributed by atoms with Crippen LogP contribution < -0.4 is 9.47 Å². The van der Waals surface area contributed by atoms with Crippen LogP contribution in [0.5, 0.6) is 11.5 Å². The van der Waals surface area contributed by atoms with Crippen LogP contribution >= 0.6 is 15.9 Å². The summed E-state index contributed by atoms with van der Waals surface area (Å²) in [5, 5.41) is 9.01. The third kappa shape index (κ3) is 2.93. The molecule has 94 valence electrons. The summed E-state index contributed by atoms with van der Waals surface area (Å²) in [5.74, 6) is 1.52. The fourth-order valence-electron chi connectivity index (χ4n) is 1.81. The van der Waals surface area contributed by atoms with Gasteiger partial charge in [0, 0.05) is 11.1 Å². The first-order valence-corrected chi connectivity index (χ1v) is 6.68. The third-order valence-corrected chi connectivity index (χ3v) is 3.80. The number of hydrogen-bond acceptors (Lipinski definition) is 3. The van der Waals surface area contributed by atoms with E-state index in [0.29, 0.717) is 12.5 Å². The van der Waals surface area contributed by atoms with Gasteiger partial charge in [-0.1, -0.05) is 15.9 Å². The number of benzene rings is 1. The van der Waals surface area contributed by atoms with E-state index in [-0.39, 0.29) is 6.61 Å². The van der Waals surface area contributed by atoms with Crippen molar-refractivity contribution in [3.8, 4) is 11.5 Å². The average Bonchev–Trinajstić information content (AvgIpc) is 2.27. The highest BCUT2D eigenvalue weighted by molar-refractivity contribution is 9.10. The van der Waals surface area contributed by atoms with Crippen molar-refractivity contribution in [2.45, 2.75) is 31.8 Å². The number of halogens is 1. The second-order valence-corrected chi connectivity index (χ2v) is 5.09. The Bertz CT molecular complexity index is 388. The zero-order valence-electron chi connectivity index (χ0n) is 9.91. The molecule has 0 spiro atoms. The first-order valence-electron chi connectivity index (χ1n) is 5.88. The summed E-state index contributed by atoms with van der Waals surface area (Å²) >= 11 is 3.47. The molecular weight excluding hydrogens is 284 g/mol. The Labute approximate surface area is 110 Å². The molecule has 2 rings (SSSR count). The van der Waals surface area contributed by atoms with Crippen molar-refractivity contribution in [2.24, 2.45) is 0 Å². The maximum atomic E-state index is 9.01. The van der Waals surface area contributed by atoms with Gasteiger partial charge in [-0.2, -0.15) is 0 Å². The average molecular weight is 301 g/mol. The fourth-order valence-corrected chi connectivity index (χ4v) is 2.33. The molecule has 1 aromatic carbocycles. The van der Waals surface area contributed by atoms with E-state index < -0.39 is 0 Å². The van der Waals surface area contributed by atoms with Crippen LogP contribution in [0.1, 0.15) is 24.8 Å².